The Labute approximate surface area is 244 Å². The number of amides is 1. The van der Waals surface area contributed by atoms with Gasteiger partial charge in [0.05, 0.1) is 23.4 Å². The molecule has 3 heterocycles. The number of rotatable bonds is 9. The van der Waals surface area contributed by atoms with Crippen molar-refractivity contribution in [1.82, 2.24) is 14.7 Å². The van der Waals surface area contributed by atoms with Gasteiger partial charge in [0.25, 0.3) is 5.91 Å². The van der Waals surface area contributed by atoms with Crippen LogP contribution < -0.4 is 10.2 Å². The number of hydrogen-bond donors (Lipinski definition) is 1. The van der Waals surface area contributed by atoms with Crippen molar-refractivity contribution >= 4 is 28.9 Å². The van der Waals surface area contributed by atoms with Crippen molar-refractivity contribution in [3.63, 3.8) is 0 Å². The molecule has 0 aromatic heterocycles. The van der Waals surface area contributed by atoms with Gasteiger partial charge in [0.1, 0.15) is 5.82 Å². The van der Waals surface area contributed by atoms with E-state index in [1.165, 1.54) is 18.9 Å². The van der Waals surface area contributed by atoms with E-state index in [2.05, 4.69) is 15.1 Å². The smallest absolute Gasteiger partial charge is 0.367 e. The first-order valence-electron chi connectivity index (χ1n) is 14.5. The molecule has 6 nitrogen and oxygen atoms in total. The number of benzene rings is 2. The third-order valence-corrected chi connectivity index (χ3v) is 8.70. The number of halogens is 5. The van der Waals surface area contributed by atoms with Crippen molar-refractivity contribution in [2.24, 2.45) is 0 Å². The molecule has 5 rings (SSSR count). The average molecular weight is 596 g/mol. The van der Waals surface area contributed by atoms with Gasteiger partial charge in [0.15, 0.2) is 0 Å². The standard InChI is InChI=1S/C30H38ClF4N5O/c31-23-6-8-27(28(19-23)39-16-14-37(15-17-39)13-9-30(33,34)35)36-29(41)25-7-5-22(18-26(25)32)20-40-12-3-4-24(40)21-38-10-1-2-11-38/h5-8,18-19,24H,1-4,9-17,20-21H2,(H,36,41)/t24-/m0/s1. The Balaban J connectivity index is 1.20. The minimum atomic E-state index is -4.18. The number of alkyl halides is 3. The number of likely N-dealkylation sites (tertiary alicyclic amines) is 2. The van der Waals surface area contributed by atoms with E-state index < -0.39 is 24.3 Å². The summed E-state index contributed by atoms with van der Waals surface area (Å²) in [5.74, 6) is -1.13. The van der Waals surface area contributed by atoms with E-state index in [0.717, 1.165) is 44.6 Å². The minimum absolute atomic E-state index is 0.0391. The molecule has 2 aromatic carbocycles. The number of nitrogens with zero attached hydrogens (tertiary/aromatic N) is 4. The van der Waals surface area contributed by atoms with E-state index in [-0.39, 0.29) is 12.1 Å². The molecule has 0 spiro atoms. The SMILES string of the molecule is O=C(Nc1ccc(Cl)cc1N1CCN(CCC(F)(F)F)CC1)c1ccc(CN2CCC[C@H]2CN2CCCC2)cc1F. The Morgan fingerprint density at radius 2 is 1.68 bits per heavy atom. The quantitative estimate of drug-likeness (QED) is 0.368. The summed E-state index contributed by atoms with van der Waals surface area (Å²) in [4.78, 5) is 21.9. The molecule has 11 heteroatoms. The molecule has 0 saturated carbocycles. The van der Waals surface area contributed by atoms with Crippen LogP contribution in [0.15, 0.2) is 36.4 Å². The zero-order valence-electron chi connectivity index (χ0n) is 23.2. The summed E-state index contributed by atoms with van der Waals surface area (Å²) in [6.45, 7) is 6.90. The van der Waals surface area contributed by atoms with Crippen molar-refractivity contribution in [2.75, 3.05) is 69.1 Å². The van der Waals surface area contributed by atoms with Crippen molar-refractivity contribution in [2.45, 2.75) is 50.9 Å². The molecule has 1 amide bonds. The van der Waals surface area contributed by atoms with Gasteiger partial charge < -0.3 is 15.1 Å². The van der Waals surface area contributed by atoms with Crippen LogP contribution in [-0.4, -0.2) is 91.7 Å². The monoisotopic (exact) mass is 595 g/mol. The van der Waals surface area contributed by atoms with Crippen LogP contribution in [0.4, 0.5) is 28.9 Å². The summed E-state index contributed by atoms with van der Waals surface area (Å²) in [6.07, 6.45) is -0.188. The van der Waals surface area contributed by atoms with E-state index in [1.807, 2.05) is 11.0 Å². The van der Waals surface area contributed by atoms with Crippen LogP contribution in [0.3, 0.4) is 0 Å². The second-order valence-corrected chi connectivity index (χ2v) is 11.8. The highest BCUT2D eigenvalue weighted by Gasteiger charge is 2.30. The second-order valence-electron chi connectivity index (χ2n) is 11.4. The second kappa shape index (κ2) is 13.3. The Hall–Kier alpha value is -2.40. The molecule has 3 aliphatic rings. The molecule has 0 bridgehead atoms. The topological polar surface area (TPSA) is 42.1 Å². The Morgan fingerprint density at radius 1 is 0.927 bits per heavy atom. The summed E-state index contributed by atoms with van der Waals surface area (Å²) in [5.41, 5.74) is 1.95. The fourth-order valence-corrected chi connectivity index (χ4v) is 6.37. The summed E-state index contributed by atoms with van der Waals surface area (Å²) >= 11 is 6.25. The molecule has 3 saturated heterocycles. The maximum atomic E-state index is 15.2. The largest absolute Gasteiger partial charge is 0.390 e. The first kappa shape index (κ1) is 30.1. The Morgan fingerprint density at radius 3 is 2.39 bits per heavy atom. The summed E-state index contributed by atoms with van der Waals surface area (Å²) in [7, 11) is 0. The molecular formula is C30H38ClF4N5O. The lowest BCUT2D eigenvalue weighted by molar-refractivity contribution is -0.138. The number of nitrogens with one attached hydrogen (secondary N) is 1. The van der Waals surface area contributed by atoms with Gasteiger partial charge in [-0.25, -0.2) is 4.39 Å². The third kappa shape index (κ3) is 8.12. The average Bonchev–Trinajstić information content (AvgIpc) is 3.61. The first-order valence-corrected chi connectivity index (χ1v) is 14.9. The van der Waals surface area contributed by atoms with Crippen molar-refractivity contribution in [1.29, 1.82) is 0 Å². The molecule has 3 fully saturated rings. The fraction of sp³-hybridized carbons (Fsp3) is 0.567. The van der Waals surface area contributed by atoms with E-state index in [1.54, 1.807) is 29.2 Å². The normalized spacial score (nSPS) is 21.1. The van der Waals surface area contributed by atoms with Crippen LogP contribution in [0.2, 0.25) is 5.02 Å². The van der Waals surface area contributed by atoms with Gasteiger partial charge in [-0.3, -0.25) is 14.6 Å². The molecule has 0 radical (unpaired) electrons. The molecule has 0 aliphatic carbocycles. The lowest BCUT2D eigenvalue weighted by Gasteiger charge is -2.37. The van der Waals surface area contributed by atoms with E-state index >= 15 is 4.39 Å². The Kier molecular flexibility index (Phi) is 9.74. The molecule has 41 heavy (non-hydrogen) atoms. The van der Waals surface area contributed by atoms with Crippen LogP contribution in [0.1, 0.15) is 48.0 Å². The lowest BCUT2D eigenvalue weighted by atomic mass is 10.1. The minimum Gasteiger partial charge on any atom is -0.367 e. The van der Waals surface area contributed by atoms with E-state index in [4.69, 9.17) is 11.6 Å². The van der Waals surface area contributed by atoms with Gasteiger partial charge in [-0.2, -0.15) is 13.2 Å². The van der Waals surface area contributed by atoms with Crippen molar-refractivity contribution in [3.05, 3.63) is 58.4 Å². The predicted molar refractivity (Wildman–Crippen MR) is 154 cm³/mol. The molecular weight excluding hydrogens is 558 g/mol. The molecule has 3 aliphatic heterocycles. The van der Waals surface area contributed by atoms with E-state index in [9.17, 15) is 18.0 Å². The zero-order chi connectivity index (χ0) is 29.0. The van der Waals surface area contributed by atoms with Crippen LogP contribution in [0, 0.1) is 5.82 Å². The van der Waals surface area contributed by atoms with E-state index in [0.29, 0.717) is 55.2 Å². The van der Waals surface area contributed by atoms with Gasteiger partial charge in [-0.15, -0.1) is 0 Å². The number of carbonyl (C=O) groups is 1. The molecule has 0 unspecified atom stereocenters. The molecule has 1 atom stereocenters. The first-order chi connectivity index (χ1) is 19.6. The van der Waals surface area contributed by atoms with Gasteiger partial charge in [0, 0.05) is 56.9 Å². The summed E-state index contributed by atoms with van der Waals surface area (Å²) in [5, 5.41) is 3.30. The van der Waals surface area contributed by atoms with Crippen molar-refractivity contribution in [3.8, 4) is 0 Å². The third-order valence-electron chi connectivity index (χ3n) is 8.46. The highest BCUT2D eigenvalue weighted by molar-refractivity contribution is 6.31. The maximum Gasteiger partial charge on any atom is 0.390 e. The number of carbonyl (C=O) groups excluding carboxylic acids is 1. The molecule has 1 N–H and O–H groups in total. The highest BCUT2D eigenvalue weighted by Crippen LogP contribution is 2.31. The fourth-order valence-electron chi connectivity index (χ4n) is 6.21. The van der Waals surface area contributed by atoms with Gasteiger partial charge in [-0.05, 0) is 81.2 Å². The molecule has 224 valence electrons. The zero-order valence-corrected chi connectivity index (χ0v) is 24.0. The number of anilines is 2. The van der Waals surface area contributed by atoms with Crippen LogP contribution in [0.5, 0.6) is 0 Å². The summed E-state index contributed by atoms with van der Waals surface area (Å²) < 4.78 is 53.1. The van der Waals surface area contributed by atoms with Crippen LogP contribution in [-0.2, 0) is 6.54 Å². The maximum absolute atomic E-state index is 15.2. The predicted octanol–water partition coefficient (Wildman–Crippen LogP) is 5.87. The molecule has 2 aromatic rings. The van der Waals surface area contributed by atoms with Crippen molar-refractivity contribution < 1.29 is 22.4 Å². The van der Waals surface area contributed by atoms with Crippen LogP contribution >= 0.6 is 11.6 Å². The van der Waals surface area contributed by atoms with Gasteiger partial charge in [-0.1, -0.05) is 17.7 Å². The number of hydrogen-bond acceptors (Lipinski definition) is 5. The van der Waals surface area contributed by atoms with Crippen LogP contribution in [0.25, 0.3) is 0 Å². The summed E-state index contributed by atoms with van der Waals surface area (Å²) in [6, 6.07) is 10.3. The van der Waals surface area contributed by atoms with Gasteiger partial charge >= 0.3 is 6.18 Å². The van der Waals surface area contributed by atoms with Gasteiger partial charge in [0.2, 0.25) is 0 Å². The Bertz CT molecular complexity index is 1200. The lowest BCUT2D eigenvalue weighted by Crippen LogP contribution is -2.47. The number of piperazine rings is 1. The highest BCUT2D eigenvalue weighted by atomic mass is 35.5.